The maximum absolute atomic E-state index is 12.0. The van der Waals surface area contributed by atoms with E-state index in [9.17, 15) is 13.2 Å². The van der Waals surface area contributed by atoms with Gasteiger partial charge in [-0.1, -0.05) is 12.1 Å². The monoisotopic (exact) mass is 385 g/mol. The molecule has 1 fully saturated rings. The van der Waals surface area contributed by atoms with Crippen LogP contribution in [-0.2, 0) is 26.0 Å². The van der Waals surface area contributed by atoms with Crippen molar-refractivity contribution in [2.75, 3.05) is 58.8 Å². The first kappa shape index (κ1) is 20.6. The van der Waals surface area contributed by atoms with Gasteiger partial charge in [-0.3, -0.25) is 9.69 Å². The minimum atomic E-state index is -3.52. The fourth-order valence-corrected chi connectivity index (χ4v) is 3.57. The van der Waals surface area contributed by atoms with E-state index in [0.717, 1.165) is 25.2 Å². The first-order chi connectivity index (χ1) is 12.5. The number of hydrogen-bond donors (Lipinski definition) is 2. The lowest BCUT2D eigenvalue weighted by Gasteiger charge is -2.26. The molecule has 1 saturated heterocycles. The summed E-state index contributed by atoms with van der Waals surface area (Å²) in [5.41, 5.74) is 0.865. The first-order valence-corrected chi connectivity index (χ1v) is 10.3. The topological polar surface area (TPSA) is 97.0 Å². The van der Waals surface area contributed by atoms with Crippen LogP contribution >= 0.6 is 0 Å². The van der Waals surface area contributed by atoms with Crippen LogP contribution < -0.4 is 14.8 Å². The van der Waals surface area contributed by atoms with E-state index < -0.39 is 10.0 Å². The molecule has 0 unspecified atom stereocenters. The van der Waals surface area contributed by atoms with Gasteiger partial charge in [-0.25, -0.2) is 13.1 Å². The Kier molecular flexibility index (Phi) is 8.30. The van der Waals surface area contributed by atoms with Gasteiger partial charge in [0.15, 0.2) is 0 Å². The van der Waals surface area contributed by atoms with Crippen molar-refractivity contribution < 1.29 is 22.7 Å². The summed E-state index contributed by atoms with van der Waals surface area (Å²) in [7, 11) is -1.95. The standard InChI is InChI=1S/C17H27N3O5S/c1-24-16-4-2-3-15(13-16)5-12-26(22,23)19-14-17(21)18-6-7-20-8-10-25-11-9-20/h2-4,13,19H,5-12,14H2,1H3,(H,18,21). The molecule has 1 aliphatic rings. The second-order valence-electron chi connectivity index (χ2n) is 6.05. The fourth-order valence-electron chi connectivity index (χ4n) is 2.57. The predicted octanol–water partition coefficient (Wildman–Crippen LogP) is -0.394. The molecule has 146 valence electrons. The summed E-state index contributed by atoms with van der Waals surface area (Å²) >= 11 is 0. The van der Waals surface area contributed by atoms with Gasteiger partial charge in [-0.05, 0) is 24.1 Å². The molecule has 1 heterocycles. The molecule has 0 aromatic heterocycles. The number of hydrogen-bond acceptors (Lipinski definition) is 6. The number of morpholine rings is 1. The van der Waals surface area contributed by atoms with Crippen LogP contribution in [0.1, 0.15) is 5.56 Å². The fraction of sp³-hybridized carbons (Fsp3) is 0.588. The zero-order valence-electron chi connectivity index (χ0n) is 15.1. The summed E-state index contributed by atoms with van der Waals surface area (Å²) in [6.45, 7) is 4.10. The third-order valence-electron chi connectivity index (χ3n) is 4.10. The van der Waals surface area contributed by atoms with E-state index in [0.29, 0.717) is 31.9 Å². The molecule has 1 aromatic rings. The average Bonchev–Trinajstić information content (AvgIpc) is 2.66. The normalized spacial score (nSPS) is 15.6. The summed E-state index contributed by atoms with van der Waals surface area (Å²) in [5.74, 6) is 0.275. The Morgan fingerprint density at radius 1 is 1.31 bits per heavy atom. The van der Waals surface area contributed by atoms with Gasteiger partial charge >= 0.3 is 0 Å². The van der Waals surface area contributed by atoms with Crippen LogP contribution in [0, 0.1) is 0 Å². The first-order valence-electron chi connectivity index (χ1n) is 8.65. The number of nitrogens with zero attached hydrogens (tertiary/aromatic N) is 1. The lowest BCUT2D eigenvalue weighted by Crippen LogP contribution is -2.43. The third kappa shape index (κ3) is 7.69. The maximum atomic E-state index is 12.0. The Labute approximate surface area is 154 Å². The van der Waals surface area contributed by atoms with Crippen LogP contribution in [0.4, 0.5) is 0 Å². The van der Waals surface area contributed by atoms with Gasteiger partial charge in [0.2, 0.25) is 15.9 Å². The van der Waals surface area contributed by atoms with Crippen molar-refractivity contribution in [1.29, 1.82) is 0 Å². The van der Waals surface area contributed by atoms with Gasteiger partial charge in [0.05, 0.1) is 32.6 Å². The van der Waals surface area contributed by atoms with Gasteiger partial charge in [0.25, 0.3) is 0 Å². The molecule has 0 aliphatic carbocycles. The Bertz CT molecular complexity index is 675. The van der Waals surface area contributed by atoms with Gasteiger partial charge in [-0.2, -0.15) is 0 Å². The van der Waals surface area contributed by atoms with Crippen molar-refractivity contribution in [3.05, 3.63) is 29.8 Å². The number of methoxy groups -OCH3 is 1. The molecule has 0 spiro atoms. The molecule has 1 aliphatic heterocycles. The Morgan fingerprint density at radius 2 is 2.08 bits per heavy atom. The van der Waals surface area contributed by atoms with Crippen LogP contribution in [0.5, 0.6) is 5.75 Å². The summed E-state index contributed by atoms with van der Waals surface area (Å²) in [5, 5.41) is 2.73. The van der Waals surface area contributed by atoms with Crippen LogP contribution in [0.25, 0.3) is 0 Å². The van der Waals surface area contributed by atoms with Crippen LogP contribution in [-0.4, -0.2) is 78.0 Å². The Balaban J connectivity index is 1.65. The number of carbonyl (C=O) groups is 1. The predicted molar refractivity (Wildman–Crippen MR) is 98.8 cm³/mol. The van der Waals surface area contributed by atoms with E-state index in [-0.39, 0.29) is 18.2 Å². The van der Waals surface area contributed by atoms with E-state index in [4.69, 9.17) is 9.47 Å². The highest BCUT2D eigenvalue weighted by Crippen LogP contribution is 2.13. The molecule has 26 heavy (non-hydrogen) atoms. The average molecular weight is 385 g/mol. The molecule has 2 N–H and O–H groups in total. The Morgan fingerprint density at radius 3 is 2.81 bits per heavy atom. The molecule has 1 aromatic carbocycles. The molecule has 2 rings (SSSR count). The highest BCUT2D eigenvalue weighted by atomic mass is 32.2. The van der Waals surface area contributed by atoms with Crippen LogP contribution in [0.3, 0.4) is 0 Å². The zero-order valence-corrected chi connectivity index (χ0v) is 15.9. The lowest BCUT2D eigenvalue weighted by molar-refractivity contribution is -0.120. The Hall–Kier alpha value is -1.68. The van der Waals surface area contributed by atoms with Gasteiger partial charge in [0.1, 0.15) is 5.75 Å². The maximum Gasteiger partial charge on any atom is 0.235 e. The van der Waals surface area contributed by atoms with Gasteiger partial charge in [0, 0.05) is 26.2 Å². The number of sulfonamides is 1. The smallest absolute Gasteiger partial charge is 0.235 e. The summed E-state index contributed by atoms with van der Waals surface area (Å²) in [4.78, 5) is 14.0. The second-order valence-corrected chi connectivity index (χ2v) is 7.97. The molecule has 8 nitrogen and oxygen atoms in total. The second kappa shape index (κ2) is 10.5. The van der Waals surface area contributed by atoms with Gasteiger partial charge < -0.3 is 14.8 Å². The highest BCUT2D eigenvalue weighted by molar-refractivity contribution is 7.89. The largest absolute Gasteiger partial charge is 0.497 e. The molecule has 0 atom stereocenters. The zero-order chi connectivity index (χ0) is 18.8. The highest BCUT2D eigenvalue weighted by Gasteiger charge is 2.14. The van der Waals surface area contributed by atoms with Crippen molar-refractivity contribution in [2.24, 2.45) is 0 Å². The van der Waals surface area contributed by atoms with E-state index in [1.165, 1.54) is 0 Å². The van der Waals surface area contributed by atoms with Crippen LogP contribution in [0.15, 0.2) is 24.3 Å². The molecule has 0 radical (unpaired) electrons. The van der Waals surface area contributed by atoms with E-state index in [2.05, 4.69) is 14.9 Å². The number of ether oxygens (including phenoxy) is 2. The van der Waals surface area contributed by atoms with Gasteiger partial charge in [-0.15, -0.1) is 0 Å². The van der Waals surface area contributed by atoms with Crippen molar-refractivity contribution >= 4 is 15.9 Å². The van der Waals surface area contributed by atoms with E-state index in [1.807, 2.05) is 12.1 Å². The number of aryl methyl sites for hydroxylation is 1. The molecular weight excluding hydrogens is 358 g/mol. The van der Waals surface area contributed by atoms with Crippen molar-refractivity contribution in [3.8, 4) is 5.75 Å². The van der Waals surface area contributed by atoms with Crippen LogP contribution in [0.2, 0.25) is 0 Å². The molecular formula is C17H27N3O5S. The van der Waals surface area contributed by atoms with Crippen molar-refractivity contribution in [3.63, 3.8) is 0 Å². The number of carbonyl (C=O) groups excluding carboxylic acids is 1. The van der Waals surface area contributed by atoms with E-state index in [1.54, 1.807) is 19.2 Å². The minimum Gasteiger partial charge on any atom is -0.497 e. The molecule has 0 bridgehead atoms. The number of rotatable bonds is 10. The van der Waals surface area contributed by atoms with Crippen molar-refractivity contribution in [2.45, 2.75) is 6.42 Å². The summed E-state index contributed by atoms with van der Waals surface area (Å²) < 4.78 is 36.8. The lowest BCUT2D eigenvalue weighted by atomic mass is 10.2. The molecule has 0 saturated carbocycles. The minimum absolute atomic E-state index is 0.0821. The van der Waals surface area contributed by atoms with E-state index >= 15 is 0 Å². The number of nitrogens with one attached hydrogen (secondary N) is 2. The third-order valence-corrected chi connectivity index (χ3v) is 5.43. The SMILES string of the molecule is COc1cccc(CCS(=O)(=O)NCC(=O)NCCN2CCOCC2)c1. The quantitative estimate of drug-likeness (QED) is 0.569. The molecule has 9 heteroatoms. The number of benzene rings is 1. The summed E-state index contributed by atoms with van der Waals surface area (Å²) in [6, 6.07) is 7.26. The van der Waals surface area contributed by atoms with Crippen molar-refractivity contribution in [1.82, 2.24) is 14.9 Å². The summed E-state index contributed by atoms with van der Waals surface area (Å²) in [6.07, 6.45) is 0.352. The molecule has 1 amide bonds. The number of amides is 1.